The van der Waals surface area contributed by atoms with E-state index < -0.39 is 21.9 Å². The zero-order chi connectivity index (χ0) is 25.9. The Kier molecular flexibility index (Phi) is 7.07. The average Bonchev–Trinajstić information content (AvgIpc) is 3.49. The highest BCUT2D eigenvalue weighted by atomic mass is 32.2. The van der Waals surface area contributed by atoms with Crippen molar-refractivity contribution < 1.29 is 32.3 Å². The molecule has 0 bridgehead atoms. The van der Waals surface area contributed by atoms with Crippen LogP contribution in [0.5, 0.6) is 17.4 Å². The van der Waals surface area contributed by atoms with Gasteiger partial charge in [0, 0.05) is 12.1 Å². The van der Waals surface area contributed by atoms with E-state index in [9.17, 15) is 13.5 Å². The first-order valence-corrected chi connectivity index (χ1v) is 12.2. The third-order valence-electron chi connectivity index (χ3n) is 5.05. The van der Waals surface area contributed by atoms with Crippen LogP contribution in [0.25, 0.3) is 17.2 Å². The molecule has 0 unspecified atom stereocenters. The van der Waals surface area contributed by atoms with Gasteiger partial charge in [-0.15, -0.1) is 10.2 Å². The molecular formula is C22H24N6O7S. The summed E-state index contributed by atoms with van der Waals surface area (Å²) < 4.78 is 51.1. The number of anilines is 1. The van der Waals surface area contributed by atoms with Gasteiger partial charge in [-0.2, -0.15) is 0 Å². The summed E-state index contributed by atoms with van der Waals surface area (Å²) in [6.45, 7) is 1.66. The van der Waals surface area contributed by atoms with E-state index in [1.807, 2.05) is 0 Å². The smallest absolute Gasteiger partial charge is 0.243 e. The van der Waals surface area contributed by atoms with Gasteiger partial charge in [-0.1, -0.05) is 17.3 Å². The highest BCUT2D eigenvalue weighted by molar-refractivity contribution is 7.92. The fourth-order valence-corrected chi connectivity index (χ4v) is 4.52. The molecule has 0 saturated heterocycles. The summed E-state index contributed by atoms with van der Waals surface area (Å²) in [4.78, 5) is 4.40. The lowest BCUT2D eigenvalue weighted by Crippen LogP contribution is -2.23. The highest BCUT2D eigenvalue weighted by Crippen LogP contribution is 2.37. The van der Waals surface area contributed by atoms with Gasteiger partial charge in [0.2, 0.25) is 21.9 Å². The van der Waals surface area contributed by atoms with Crippen LogP contribution in [0.2, 0.25) is 0 Å². The van der Waals surface area contributed by atoms with Crippen LogP contribution in [-0.4, -0.2) is 65.5 Å². The number of aliphatic hydroxyl groups excluding tert-OH is 1. The maximum absolute atomic E-state index is 13.0. The summed E-state index contributed by atoms with van der Waals surface area (Å²) in [6.07, 6.45) is -1.46. The van der Waals surface area contributed by atoms with Crippen LogP contribution in [0.15, 0.2) is 47.0 Å². The van der Waals surface area contributed by atoms with Gasteiger partial charge in [0.15, 0.2) is 11.6 Å². The summed E-state index contributed by atoms with van der Waals surface area (Å²) in [5, 5.41) is 22.3. The molecule has 4 aromatic rings. The molecule has 36 heavy (non-hydrogen) atoms. The number of pyridine rings is 1. The van der Waals surface area contributed by atoms with Crippen LogP contribution >= 0.6 is 0 Å². The number of nitrogens with one attached hydrogen (secondary N) is 1. The van der Waals surface area contributed by atoms with Crippen LogP contribution in [-0.2, 0) is 10.0 Å². The number of aliphatic hydroxyl groups is 1. The molecule has 0 aliphatic carbocycles. The topological polar surface area (TPSA) is 164 Å². The van der Waals surface area contributed by atoms with Crippen molar-refractivity contribution in [2.75, 3.05) is 31.8 Å². The number of aryl methyl sites for hydroxylation is 1. The second-order valence-corrected chi connectivity index (χ2v) is 9.30. The van der Waals surface area contributed by atoms with Gasteiger partial charge in [0.05, 0.1) is 27.0 Å². The molecular weight excluding hydrogens is 492 g/mol. The molecule has 0 saturated carbocycles. The molecule has 1 aromatic carbocycles. The summed E-state index contributed by atoms with van der Waals surface area (Å²) in [6, 6.07) is 11.6. The number of benzene rings is 1. The van der Waals surface area contributed by atoms with Crippen molar-refractivity contribution in [2.24, 2.45) is 0 Å². The first-order chi connectivity index (χ1) is 17.3. The minimum absolute atomic E-state index is 0.0204. The SMILES string of the molecule is COc1cccc(-c2nnc(NS(=O)(=O)C[C@@H](O)c3cc(C)no3)n2-c2c(OC)cccc2OC)n1. The normalized spacial score (nSPS) is 12.2. The molecule has 0 fully saturated rings. The van der Waals surface area contributed by atoms with E-state index in [0.717, 1.165) is 0 Å². The maximum atomic E-state index is 13.0. The number of ether oxygens (including phenoxy) is 3. The number of aromatic nitrogens is 5. The van der Waals surface area contributed by atoms with Crippen molar-refractivity contribution in [1.82, 2.24) is 24.9 Å². The highest BCUT2D eigenvalue weighted by Gasteiger charge is 2.28. The molecule has 0 radical (unpaired) electrons. The van der Waals surface area contributed by atoms with E-state index in [-0.39, 0.29) is 17.5 Å². The van der Waals surface area contributed by atoms with Gasteiger partial charge in [-0.25, -0.2) is 13.4 Å². The molecule has 4 rings (SSSR count). The van der Waals surface area contributed by atoms with E-state index in [1.165, 1.54) is 32.0 Å². The second kappa shape index (κ2) is 10.2. The fourth-order valence-electron chi connectivity index (χ4n) is 3.44. The zero-order valence-electron chi connectivity index (χ0n) is 19.9. The number of sulfonamides is 1. The quantitative estimate of drug-likeness (QED) is 0.317. The van der Waals surface area contributed by atoms with Gasteiger partial charge in [0.1, 0.15) is 34.7 Å². The average molecular weight is 517 g/mol. The number of nitrogens with zero attached hydrogens (tertiary/aromatic N) is 5. The minimum Gasteiger partial charge on any atom is -0.494 e. The first kappa shape index (κ1) is 24.9. The van der Waals surface area contributed by atoms with Crippen LogP contribution < -0.4 is 18.9 Å². The fraction of sp³-hybridized carbons (Fsp3) is 0.273. The van der Waals surface area contributed by atoms with Gasteiger partial charge in [-0.05, 0) is 25.1 Å². The molecule has 3 aromatic heterocycles. The van der Waals surface area contributed by atoms with Crippen LogP contribution in [0.1, 0.15) is 17.6 Å². The predicted octanol–water partition coefficient (Wildman–Crippen LogP) is 2.13. The Balaban J connectivity index is 1.82. The zero-order valence-corrected chi connectivity index (χ0v) is 20.7. The van der Waals surface area contributed by atoms with Gasteiger partial charge < -0.3 is 23.8 Å². The molecule has 0 spiro atoms. The largest absolute Gasteiger partial charge is 0.494 e. The molecule has 13 nitrogen and oxygen atoms in total. The number of hydrogen-bond donors (Lipinski definition) is 2. The van der Waals surface area contributed by atoms with Crippen molar-refractivity contribution in [3.8, 4) is 34.6 Å². The minimum atomic E-state index is -4.16. The van der Waals surface area contributed by atoms with Crippen LogP contribution in [0, 0.1) is 6.92 Å². The number of hydrogen-bond acceptors (Lipinski definition) is 11. The monoisotopic (exact) mass is 516 g/mol. The third-order valence-corrected chi connectivity index (χ3v) is 6.30. The molecule has 3 heterocycles. The van der Waals surface area contributed by atoms with E-state index in [2.05, 4.69) is 25.1 Å². The van der Waals surface area contributed by atoms with Crippen molar-refractivity contribution in [1.29, 1.82) is 0 Å². The van der Waals surface area contributed by atoms with E-state index in [4.69, 9.17) is 18.7 Å². The molecule has 14 heteroatoms. The second-order valence-electron chi connectivity index (χ2n) is 7.53. The lowest BCUT2D eigenvalue weighted by Gasteiger charge is -2.18. The summed E-state index contributed by atoms with van der Waals surface area (Å²) in [7, 11) is 0.239. The summed E-state index contributed by atoms with van der Waals surface area (Å²) in [5.41, 5.74) is 1.18. The van der Waals surface area contributed by atoms with Gasteiger partial charge in [0.25, 0.3) is 0 Å². The predicted molar refractivity (Wildman–Crippen MR) is 128 cm³/mol. The molecule has 1 atom stereocenters. The lowest BCUT2D eigenvalue weighted by molar-refractivity contribution is 0.160. The number of para-hydroxylation sites is 1. The number of methoxy groups -OCH3 is 3. The first-order valence-electron chi connectivity index (χ1n) is 10.6. The molecule has 0 aliphatic heterocycles. The van der Waals surface area contributed by atoms with Crippen LogP contribution in [0.3, 0.4) is 0 Å². The Labute approximate surface area is 206 Å². The van der Waals surface area contributed by atoms with Gasteiger partial charge in [-0.3, -0.25) is 9.29 Å². The van der Waals surface area contributed by atoms with Crippen LogP contribution in [0.4, 0.5) is 5.95 Å². The van der Waals surface area contributed by atoms with E-state index in [1.54, 1.807) is 43.3 Å². The molecule has 0 aliphatic rings. The van der Waals surface area contributed by atoms with E-state index in [0.29, 0.717) is 34.5 Å². The van der Waals surface area contributed by atoms with Gasteiger partial charge >= 0.3 is 0 Å². The molecule has 190 valence electrons. The van der Waals surface area contributed by atoms with Crippen molar-refractivity contribution >= 4 is 16.0 Å². The number of rotatable bonds is 10. The Bertz CT molecular complexity index is 1450. The third kappa shape index (κ3) is 5.08. The molecule has 0 amide bonds. The van der Waals surface area contributed by atoms with Crippen molar-refractivity contribution in [3.63, 3.8) is 0 Å². The van der Waals surface area contributed by atoms with Crippen molar-refractivity contribution in [3.05, 3.63) is 53.9 Å². The Morgan fingerprint density at radius 1 is 1.06 bits per heavy atom. The summed E-state index contributed by atoms with van der Waals surface area (Å²) >= 11 is 0. The standard InChI is InChI=1S/C22H24N6O7S/c1-13-11-18(35-26-13)15(29)12-36(30,31)27-22-25-24-21(14-7-5-10-19(23-14)34-4)28(22)20-16(32-2)8-6-9-17(20)33-3/h5-11,15,29H,12H2,1-4H3,(H,25,27)/t15-/m1/s1. The van der Waals surface area contributed by atoms with E-state index >= 15 is 0 Å². The maximum Gasteiger partial charge on any atom is 0.243 e. The Morgan fingerprint density at radius 3 is 2.36 bits per heavy atom. The Morgan fingerprint density at radius 2 is 1.75 bits per heavy atom. The summed E-state index contributed by atoms with van der Waals surface area (Å²) in [5.74, 6) is 0.337. The Hall–Kier alpha value is -4.17. The lowest BCUT2D eigenvalue weighted by atomic mass is 10.2. The van der Waals surface area contributed by atoms with Crippen molar-refractivity contribution in [2.45, 2.75) is 13.0 Å². The molecule has 2 N–H and O–H groups in total.